The van der Waals surface area contributed by atoms with Gasteiger partial charge in [0.15, 0.2) is 9.84 Å². The molecule has 114 valence electrons. The van der Waals surface area contributed by atoms with E-state index in [-0.39, 0.29) is 36.4 Å². The molecule has 2 aliphatic heterocycles. The maximum Gasteiger partial charge on any atom is 0.308 e. The molecule has 2 fully saturated rings. The summed E-state index contributed by atoms with van der Waals surface area (Å²) in [5.41, 5.74) is 0. The summed E-state index contributed by atoms with van der Waals surface area (Å²) in [4.78, 5) is 24.7. The van der Waals surface area contributed by atoms with Crippen molar-refractivity contribution in [2.24, 2.45) is 5.92 Å². The third kappa shape index (κ3) is 3.92. The SMILES string of the molecule is O=C(O)[C@H]1CCCN(C(=O)CC2CS(=O)(=O)CCN2)C1. The van der Waals surface area contributed by atoms with Crippen molar-refractivity contribution in [2.75, 3.05) is 31.1 Å². The molecule has 2 aliphatic rings. The van der Waals surface area contributed by atoms with Gasteiger partial charge in [0, 0.05) is 32.1 Å². The first-order valence-corrected chi connectivity index (χ1v) is 8.64. The van der Waals surface area contributed by atoms with E-state index in [0.29, 0.717) is 25.9 Å². The molecule has 0 saturated carbocycles. The number of carboxylic acids is 1. The van der Waals surface area contributed by atoms with Crippen LogP contribution in [0.25, 0.3) is 0 Å². The molecule has 0 bridgehead atoms. The third-order valence-electron chi connectivity index (χ3n) is 3.85. The Kier molecular flexibility index (Phi) is 4.64. The highest BCUT2D eigenvalue weighted by Gasteiger charge is 2.31. The Morgan fingerprint density at radius 1 is 1.35 bits per heavy atom. The first-order valence-electron chi connectivity index (χ1n) is 6.82. The van der Waals surface area contributed by atoms with E-state index in [0.717, 1.165) is 0 Å². The van der Waals surface area contributed by atoms with Crippen LogP contribution in [0.2, 0.25) is 0 Å². The molecule has 0 aliphatic carbocycles. The third-order valence-corrected chi connectivity index (χ3v) is 5.58. The number of carbonyl (C=O) groups excluding carboxylic acids is 1. The zero-order chi connectivity index (χ0) is 14.8. The van der Waals surface area contributed by atoms with Crippen LogP contribution in [-0.4, -0.2) is 67.5 Å². The predicted octanol–water partition coefficient (Wildman–Crippen LogP) is -0.914. The first kappa shape index (κ1) is 15.2. The number of carbonyl (C=O) groups is 2. The average Bonchev–Trinajstić information content (AvgIpc) is 2.37. The Morgan fingerprint density at radius 3 is 2.75 bits per heavy atom. The molecule has 0 radical (unpaired) electrons. The molecule has 2 rings (SSSR count). The number of hydrogen-bond donors (Lipinski definition) is 2. The molecule has 0 aromatic rings. The lowest BCUT2D eigenvalue weighted by atomic mass is 9.98. The second-order valence-electron chi connectivity index (χ2n) is 5.49. The Bertz CT molecular complexity index is 490. The molecule has 2 atom stereocenters. The molecule has 0 aromatic carbocycles. The fourth-order valence-corrected chi connectivity index (χ4v) is 4.19. The fourth-order valence-electron chi connectivity index (χ4n) is 2.74. The summed E-state index contributed by atoms with van der Waals surface area (Å²) in [5, 5.41) is 12.0. The van der Waals surface area contributed by atoms with Crippen molar-refractivity contribution in [3.05, 3.63) is 0 Å². The van der Waals surface area contributed by atoms with Gasteiger partial charge in [0.1, 0.15) is 0 Å². The van der Waals surface area contributed by atoms with E-state index in [9.17, 15) is 18.0 Å². The fraction of sp³-hybridized carbons (Fsp3) is 0.833. The van der Waals surface area contributed by atoms with Crippen molar-refractivity contribution in [1.29, 1.82) is 0 Å². The standard InChI is InChI=1S/C12H20N2O5S/c15-11(6-10-8-20(18,19)5-3-13-10)14-4-1-2-9(7-14)12(16)17/h9-10,13H,1-8H2,(H,16,17)/t9-,10?/m0/s1. The summed E-state index contributed by atoms with van der Waals surface area (Å²) in [6.07, 6.45) is 1.39. The number of rotatable bonds is 3. The number of piperidine rings is 1. The smallest absolute Gasteiger partial charge is 0.308 e. The number of carboxylic acid groups (broad SMARTS) is 1. The lowest BCUT2D eigenvalue weighted by Gasteiger charge is -2.32. The van der Waals surface area contributed by atoms with Crippen LogP contribution in [0.15, 0.2) is 0 Å². The summed E-state index contributed by atoms with van der Waals surface area (Å²) in [6, 6.07) is -0.355. The number of likely N-dealkylation sites (tertiary alicyclic amines) is 1. The van der Waals surface area contributed by atoms with E-state index >= 15 is 0 Å². The normalized spacial score (nSPS) is 29.9. The van der Waals surface area contributed by atoms with Crippen LogP contribution < -0.4 is 5.32 Å². The van der Waals surface area contributed by atoms with Gasteiger partial charge in [-0.3, -0.25) is 9.59 Å². The van der Waals surface area contributed by atoms with Crippen molar-refractivity contribution >= 4 is 21.7 Å². The molecule has 8 heteroatoms. The lowest BCUT2D eigenvalue weighted by molar-refractivity contribution is -0.145. The zero-order valence-corrected chi connectivity index (χ0v) is 12.1. The van der Waals surface area contributed by atoms with Crippen LogP contribution >= 0.6 is 0 Å². The quantitative estimate of drug-likeness (QED) is 0.699. The van der Waals surface area contributed by atoms with Crippen molar-refractivity contribution in [2.45, 2.75) is 25.3 Å². The van der Waals surface area contributed by atoms with Crippen molar-refractivity contribution in [3.63, 3.8) is 0 Å². The molecule has 0 spiro atoms. The number of aliphatic carboxylic acids is 1. The number of nitrogens with zero attached hydrogens (tertiary/aromatic N) is 1. The van der Waals surface area contributed by atoms with E-state index in [4.69, 9.17) is 5.11 Å². The highest BCUT2D eigenvalue weighted by Crippen LogP contribution is 2.18. The average molecular weight is 304 g/mol. The van der Waals surface area contributed by atoms with Gasteiger partial charge in [-0.1, -0.05) is 0 Å². The van der Waals surface area contributed by atoms with Crippen LogP contribution in [-0.2, 0) is 19.4 Å². The van der Waals surface area contributed by atoms with Crippen LogP contribution in [0, 0.1) is 5.92 Å². The molecule has 20 heavy (non-hydrogen) atoms. The van der Waals surface area contributed by atoms with Crippen LogP contribution in [0.5, 0.6) is 0 Å². The topological polar surface area (TPSA) is 104 Å². The summed E-state index contributed by atoms with van der Waals surface area (Å²) >= 11 is 0. The predicted molar refractivity (Wildman–Crippen MR) is 72.0 cm³/mol. The maximum absolute atomic E-state index is 12.1. The summed E-state index contributed by atoms with van der Waals surface area (Å²) < 4.78 is 23.0. The van der Waals surface area contributed by atoms with Gasteiger partial charge in [-0.05, 0) is 12.8 Å². The van der Waals surface area contributed by atoms with Crippen LogP contribution in [0.1, 0.15) is 19.3 Å². The Labute approximate surface area is 118 Å². The van der Waals surface area contributed by atoms with E-state index in [1.54, 1.807) is 4.90 Å². The van der Waals surface area contributed by atoms with Gasteiger partial charge in [0.05, 0.1) is 17.4 Å². The van der Waals surface area contributed by atoms with E-state index in [2.05, 4.69) is 5.32 Å². The highest BCUT2D eigenvalue weighted by atomic mass is 32.2. The van der Waals surface area contributed by atoms with E-state index in [1.165, 1.54) is 0 Å². The molecule has 7 nitrogen and oxygen atoms in total. The van der Waals surface area contributed by atoms with Crippen molar-refractivity contribution in [1.82, 2.24) is 10.2 Å². The minimum absolute atomic E-state index is 0.0189. The van der Waals surface area contributed by atoms with Gasteiger partial charge in [-0.2, -0.15) is 0 Å². The second kappa shape index (κ2) is 6.09. The van der Waals surface area contributed by atoms with Gasteiger partial charge in [0.25, 0.3) is 0 Å². The highest BCUT2D eigenvalue weighted by molar-refractivity contribution is 7.91. The zero-order valence-electron chi connectivity index (χ0n) is 11.2. The Morgan fingerprint density at radius 2 is 2.10 bits per heavy atom. The summed E-state index contributed by atoms with van der Waals surface area (Å²) in [7, 11) is -3.06. The minimum Gasteiger partial charge on any atom is -0.481 e. The molecular formula is C12H20N2O5S. The number of sulfone groups is 1. The maximum atomic E-state index is 12.1. The van der Waals surface area contributed by atoms with Gasteiger partial charge in [-0.25, -0.2) is 8.42 Å². The number of nitrogens with one attached hydrogen (secondary N) is 1. The summed E-state index contributed by atoms with van der Waals surface area (Å²) in [6.45, 7) is 1.16. The van der Waals surface area contributed by atoms with Crippen molar-refractivity contribution < 1.29 is 23.1 Å². The lowest BCUT2D eigenvalue weighted by Crippen LogP contribution is -2.49. The van der Waals surface area contributed by atoms with Gasteiger partial charge >= 0.3 is 5.97 Å². The second-order valence-corrected chi connectivity index (χ2v) is 7.72. The minimum atomic E-state index is -3.06. The van der Waals surface area contributed by atoms with Gasteiger partial charge in [-0.15, -0.1) is 0 Å². The number of amides is 1. The monoisotopic (exact) mass is 304 g/mol. The molecule has 2 saturated heterocycles. The molecular weight excluding hydrogens is 284 g/mol. The Hall–Kier alpha value is -1.15. The molecule has 2 N–H and O–H groups in total. The van der Waals surface area contributed by atoms with Crippen molar-refractivity contribution in [3.8, 4) is 0 Å². The van der Waals surface area contributed by atoms with Gasteiger partial charge < -0.3 is 15.3 Å². The van der Waals surface area contributed by atoms with E-state index in [1.807, 2.05) is 0 Å². The summed E-state index contributed by atoms with van der Waals surface area (Å²) in [5.74, 6) is -1.44. The van der Waals surface area contributed by atoms with E-state index < -0.39 is 21.7 Å². The molecule has 1 unspecified atom stereocenters. The molecule has 2 heterocycles. The molecule has 0 aromatic heterocycles. The van der Waals surface area contributed by atoms with Gasteiger partial charge in [0.2, 0.25) is 5.91 Å². The Balaban J connectivity index is 1.89. The number of hydrogen-bond acceptors (Lipinski definition) is 5. The van der Waals surface area contributed by atoms with Crippen LogP contribution in [0.3, 0.4) is 0 Å². The largest absolute Gasteiger partial charge is 0.481 e. The first-order chi connectivity index (χ1) is 9.37. The van der Waals surface area contributed by atoms with Crippen LogP contribution in [0.4, 0.5) is 0 Å². The molecule has 1 amide bonds.